The van der Waals surface area contributed by atoms with E-state index in [2.05, 4.69) is 5.32 Å². The molecule has 0 amide bonds. The third kappa shape index (κ3) is 3.23. The molecule has 0 radical (unpaired) electrons. The molecule has 0 saturated carbocycles. The molecule has 0 aliphatic carbocycles. The van der Waals surface area contributed by atoms with Gasteiger partial charge in [0.25, 0.3) is 0 Å². The van der Waals surface area contributed by atoms with Crippen molar-refractivity contribution in [1.82, 2.24) is 5.32 Å². The van der Waals surface area contributed by atoms with Crippen molar-refractivity contribution in [3.8, 4) is 0 Å². The Morgan fingerprint density at radius 1 is 1.25 bits per heavy atom. The second-order valence-corrected chi connectivity index (χ2v) is 5.08. The number of benzene rings is 1. The lowest BCUT2D eigenvalue weighted by atomic mass is 9.95. The van der Waals surface area contributed by atoms with Gasteiger partial charge in [-0.05, 0) is 31.5 Å². The summed E-state index contributed by atoms with van der Waals surface area (Å²) in [5.74, 6) is -1.64. The van der Waals surface area contributed by atoms with Crippen LogP contribution in [0.3, 0.4) is 0 Å². The van der Waals surface area contributed by atoms with Crippen LogP contribution in [0.1, 0.15) is 18.4 Å². The highest BCUT2D eigenvalue weighted by Gasteiger charge is 2.41. The minimum Gasteiger partial charge on any atom is -0.369 e. The van der Waals surface area contributed by atoms with E-state index in [9.17, 15) is 17.6 Å². The van der Waals surface area contributed by atoms with Crippen LogP contribution < -0.4 is 10.2 Å². The van der Waals surface area contributed by atoms with Gasteiger partial charge in [0.2, 0.25) is 0 Å². The summed E-state index contributed by atoms with van der Waals surface area (Å²) in [6, 6.07) is 4.77. The minimum atomic E-state index is -4.14. The highest BCUT2D eigenvalue weighted by molar-refractivity contribution is 5.55. The van der Waals surface area contributed by atoms with Gasteiger partial charge in [0.05, 0.1) is 11.6 Å². The van der Waals surface area contributed by atoms with Gasteiger partial charge in [0.1, 0.15) is 5.82 Å². The molecule has 0 unspecified atom stereocenters. The van der Waals surface area contributed by atoms with E-state index >= 15 is 0 Å². The Morgan fingerprint density at radius 2 is 1.90 bits per heavy atom. The van der Waals surface area contributed by atoms with Crippen LogP contribution in [0.5, 0.6) is 0 Å². The maximum Gasteiger partial charge on any atom is 0.391 e. The SMILES string of the molecule is CNCc1cccc(F)c1N1CCC(C(F)(F)F)CC1. The molecule has 0 bridgehead atoms. The smallest absolute Gasteiger partial charge is 0.369 e. The Kier molecular flexibility index (Phi) is 4.52. The number of alkyl halides is 3. The Hall–Kier alpha value is -1.30. The molecule has 6 heteroatoms. The van der Waals surface area contributed by atoms with E-state index in [1.54, 1.807) is 24.1 Å². The van der Waals surface area contributed by atoms with Crippen molar-refractivity contribution in [3.63, 3.8) is 0 Å². The molecule has 1 aromatic rings. The summed E-state index contributed by atoms with van der Waals surface area (Å²) in [5, 5.41) is 2.95. The van der Waals surface area contributed by atoms with Crippen molar-refractivity contribution in [3.05, 3.63) is 29.6 Å². The lowest BCUT2D eigenvalue weighted by Gasteiger charge is -2.35. The molecule has 1 heterocycles. The number of hydrogen-bond acceptors (Lipinski definition) is 2. The van der Waals surface area contributed by atoms with Crippen LogP contribution in [0, 0.1) is 11.7 Å². The molecule has 1 N–H and O–H groups in total. The number of halogens is 4. The normalized spacial score (nSPS) is 17.6. The first-order valence-corrected chi connectivity index (χ1v) is 6.67. The van der Waals surface area contributed by atoms with Gasteiger partial charge in [-0.15, -0.1) is 0 Å². The minimum absolute atomic E-state index is 0.0246. The molecule has 112 valence electrons. The van der Waals surface area contributed by atoms with Gasteiger partial charge in [0.15, 0.2) is 0 Å². The molecule has 1 saturated heterocycles. The van der Waals surface area contributed by atoms with E-state index in [4.69, 9.17) is 0 Å². The molecular formula is C14H18F4N2. The van der Waals surface area contributed by atoms with Crippen LogP contribution in [0.4, 0.5) is 23.2 Å². The summed E-state index contributed by atoms with van der Waals surface area (Å²) in [7, 11) is 1.75. The number of hydrogen-bond donors (Lipinski definition) is 1. The number of rotatable bonds is 3. The number of nitrogens with zero attached hydrogens (tertiary/aromatic N) is 1. The molecular weight excluding hydrogens is 272 g/mol. The average Bonchev–Trinajstić information content (AvgIpc) is 2.38. The maximum absolute atomic E-state index is 14.0. The monoisotopic (exact) mass is 290 g/mol. The zero-order chi connectivity index (χ0) is 14.8. The molecule has 1 aliphatic rings. The van der Waals surface area contributed by atoms with Gasteiger partial charge in [-0.3, -0.25) is 0 Å². The van der Waals surface area contributed by atoms with Crippen LogP contribution in [0.2, 0.25) is 0 Å². The summed E-state index contributed by atoms with van der Waals surface area (Å²) in [4.78, 5) is 1.73. The molecule has 0 aromatic heterocycles. The Balaban J connectivity index is 2.14. The molecule has 0 spiro atoms. The number of anilines is 1. The topological polar surface area (TPSA) is 15.3 Å². The van der Waals surface area contributed by atoms with Gasteiger partial charge in [-0.2, -0.15) is 13.2 Å². The number of nitrogens with one attached hydrogen (secondary N) is 1. The predicted molar refractivity (Wildman–Crippen MR) is 70.2 cm³/mol. The van der Waals surface area contributed by atoms with Crippen molar-refractivity contribution in [1.29, 1.82) is 0 Å². The average molecular weight is 290 g/mol. The van der Waals surface area contributed by atoms with E-state index in [0.717, 1.165) is 5.56 Å². The second-order valence-electron chi connectivity index (χ2n) is 5.08. The summed E-state index contributed by atoms with van der Waals surface area (Å²) in [6.07, 6.45) is -4.09. The molecule has 1 aliphatic heterocycles. The van der Waals surface area contributed by atoms with Crippen molar-refractivity contribution >= 4 is 5.69 Å². The summed E-state index contributed by atoms with van der Waals surface area (Å²) in [5.41, 5.74) is 1.21. The third-order valence-electron chi connectivity index (χ3n) is 3.71. The van der Waals surface area contributed by atoms with Crippen molar-refractivity contribution in [2.75, 3.05) is 25.0 Å². The highest BCUT2D eigenvalue weighted by Crippen LogP contribution is 2.36. The summed E-state index contributed by atoms with van der Waals surface area (Å²) < 4.78 is 51.9. The lowest BCUT2D eigenvalue weighted by molar-refractivity contribution is -0.179. The Bertz CT molecular complexity index is 451. The van der Waals surface area contributed by atoms with Crippen LogP contribution in [0.25, 0.3) is 0 Å². The van der Waals surface area contributed by atoms with E-state index in [-0.39, 0.29) is 31.7 Å². The fourth-order valence-corrected chi connectivity index (χ4v) is 2.68. The highest BCUT2D eigenvalue weighted by atomic mass is 19.4. The van der Waals surface area contributed by atoms with Crippen LogP contribution in [-0.4, -0.2) is 26.3 Å². The predicted octanol–water partition coefficient (Wildman–Crippen LogP) is 3.32. The first kappa shape index (κ1) is 15.1. The van der Waals surface area contributed by atoms with Crippen molar-refractivity contribution in [2.24, 2.45) is 5.92 Å². The first-order valence-electron chi connectivity index (χ1n) is 6.67. The second kappa shape index (κ2) is 5.99. The fourth-order valence-electron chi connectivity index (χ4n) is 2.68. The van der Waals surface area contributed by atoms with Gasteiger partial charge >= 0.3 is 6.18 Å². The molecule has 20 heavy (non-hydrogen) atoms. The van der Waals surface area contributed by atoms with Gasteiger partial charge in [-0.25, -0.2) is 4.39 Å². The van der Waals surface area contributed by atoms with Crippen molar-refractivity contribution < 1.29 is 17.6 Å². The van der Waals surface area contributed by atoms with Gasteiger partial charge in [-0.1, -0.05) is 12.1 Å². The zero-order valence-electron chi connectivity index (χ0n) is 11.3. The van der Waals surface area contributed by atoms with E-state index < -0.39 is 12.1 Å². The fraction of sp³-hybridized carbons (Fsp3) is 0.571. The van der Waals surface area contributed by atoms with E-state index in [1.165, 1.54) is 6.07 Å². The lowest BCUT2D eigenvalue weighted by Crippen LogP contribution is -2.40. The Morgan fingerprint density at radius 3 is 2.45 bits per heavy atom. The third-order valence-corrected chi connectivity index (χ3v) is 3.71. The summed E-state index contributed by atoms with van der Waals surface area (Å²) >= 11 is 0. The van der Waals surface area contributed by atoms with Gasteiger partial charge in [0, 0.05) is 19.6 Å². The van der Waals surface area contributed by atoms with Gasteiger partial charge < -0.3 is 10.2 Å². The molecule has 1 aromatic carbocycles. The van der Waals surface area contributed by atoms with Crippen LogP contribution >= 0.6 is 0 Å². The standard InChI is InChI=1S/C14H18F4N2/c1-19-9-10-3-2-4-12(15)13(10)20-7-5-11(6-8-20)14(16,17)18/h2-4,11,19H,5-9H2,1H3. The molecule has 1 fully saturated rings. The van der Waals surface area contributed by atoms with E-state index in [0.29, 0.717) is 12.2 Å². The largest absolute Gasteiger partial charge is 0.391 e. The maximum atomic E-state index is 14.0. The molecule has 2 nitrogen and oxygen atoms in total. The molecule has 2 rings (SSSR count). The van der Waals surface area contributed by atoms with E-state index in [1.807, 2.05) is 0 Å². The quantitative estimate of drug-likeness (QED) is 0.859. The zero-order valence-corrected chi connectivity index (χ0v) is 11.3. The van der Waals surface area contributed by atoms with Crippen LogP contribution in [-0.2, 0) is 6.54 Å². The Labute approximate surface area is 115 Å². The first-order chi connectivity index (χ1) is 9.43. The van der Waals surface area contributed by atoms with Crippen LogP contribution in [0.15, 0.2) is 18.2 Å². The number of para-hydroxylation sites is 1. The molecule has 0 atom stereocenters. The summed E-state index contributed by atoms with van der Waals surface area (Å²) in [6.45, 7) is 0.968. The number of piperidine rings is 1. The van der Waals surface area contributed by atoms with Crippen molar-refractivity contribution in [2.45, 2.75) is 25.6 Å².